The summed E-state index contributed by atoms with van der Waals surface area (Å²) >= 11 is 0. The number of carboxylic acids is 1. The summed E-state index contributed by atoms with van der Waals surface area (Å²) in [6.45, 7) is -0.630. The highest BCUT2D eigenvalue weighted by Crippen LogP contribution is 2.11. The Labute approximate surface area is 143 Å². The van der Waals surface area contributed by atoms with E-state index in [0.717, 1.165) is 6.08 Å². The second-order valence-corrected chi connectivity index (χ2v) is 4.98. The third-order valence-electron chi connectivity index (χ3n) is 3.13. The monoisotopic (exact) mass is 342 g/mol. The van der Waals surface area contributed by atoms with Gasteiger partial charge in [0.1, 0.15) is 18.1 Å². The third kappa shape index (κ3) is 5.28. The van der Waals surface area contributed by atoms with Crippen molar-refractivity contribution in [1.82, 2.24) is 10.6 Å². The third-order valence-corrected chi connectivity index (χ3v) is 3.13. The lowest BCUT2D eigenvalue weighted by Gasteiger charge is -2.10. The first-order chi connectivity index (χ1) is 12.0. The van der Waals surface area contributed by atoms with Gasteiger partial charge in [-0.25, -0.2) is 4.39 Å². The van der Waals surface area contributed by atoms with Gasteiger partial charge in [-0.1, -0.05) is 36.4 Å². The summed E-state index contributed by atoms with van der Waals surface area (Å²) in [6, 6.07) is 13.8. The fourth-order valence-corrected chi connectivity index (χ4v) is 1.94. The number of aliphatic carboxylic acids is 1. The van der Waals surface area contributed by atoms with E-state index in [0.29, 0.717) is 5.56 Å². The van der Waals surface area contributed by atoms with Gasteiger partial charge in [0, 0.05) is 11.1 Å². The second kappa shape index (κ2) is 8.39. The fraction of sp³-hybridized carbons (Fsp3) is 0.0556. The Morgan fingerprint density at radius 2 is 1.64 bits per heavy atom. The number of rotatable bonds is 6. The minimum atomic E-state index is -1.24. The van der Waals surface area contributed by atoms with Crippen LogP contribution in [0.2, 0.25) is 0 Å². The van der Waals surface area contributed by atoms with Crippen LogP contribution in [0.1, 0.15) is 15.9 Å². The molecule has 128 valence electrons. The summed E-state index contributed by atoms with van der Waals surface area (Å²) in [5, 5.41) is 13.2. The molecule has 0 heterocycles. The van der Waals surface area contributed by atoms with E-state index in [-0.39, 0.29) is 11.3 Å². The van der Waals surface area contributed by atoms with E-state index in [2.05, 4.69) is 10.6 Å². The molecular formula is C18H15FN2O4. The Hall–Kier alpha value is -3.48. The summed E-state index contributed by atoms with van der Waals surface area (Å²) in [4.78, 5) is 35.0. The smallest absolute Gasteiger partial charge is 0.322 e. The van der Waals surface area contributed by atoms with Crippen molar-refractivity contribution in [3.63, 3.8) is 0 Å². The van der Waals surface area contributed by atoms with Crippen LogP contribution >= 0.6 is 0 Å². The average molecular weight is 342 g/mol. The molecule has 2 aromatic rings. The van der Waals surface area contributed by atoms with E-state index in [1.165, 1.54) is 18.2 Å². The van der Waals surface area contributed by atoms with E-state index in [1.54, 1.807) is 36.4 Å². The molecule has 25 heavy (non-hydrogen) atoms. The molecule has 2 aromatic carbocycles. The number of nitrogens with one attached hydrogen (secondary N) is 2. The fourth-order valence-electron chi connectivity index (χ4n) is 1.94. The van der Waals surface area contributed by atoms with Crippen molar-refractivity contribution in [2.24, 2.45) is 0 Å². The SMILES string of the molecule is O=C(O)CNC(=O)C(=Cc1ccccc1F)NC(=O)c1ccccc1. The van der Waals surface area contributed by atoms with Crippen LogP contribution in [0.25, 0.3) is 6.08 Å². The minimum absolute atomic E-state index is 0.0799. The van der Waals surface area contributed by atoms with E-state index >= 15 is 0 Å². The average Bonchev–Trinajstić information content (AvgIpc) is 2.61. The van der Waals surface area contributed by atoms with Gasteiger partial charge < -0.3 is 15.7 Å². The Kier molecular flexibility index (Phi) is 6.00. The first kappa shape index (κ1) is 17.9. The number of carbonyl (C=O) groups excluding carboxylic acids is 2. The number of hydrogen-bond acceptors (Lipinski definition) is 3. The summed E-state index contributed by atoms with van der Waals surface area (Å²) in [6.07, 6.45) is 1.15. The lowest BCUT2D eigenvalue weighted by molar-refractivity contribution is -0.137. The van der Waals surface area contributed by atoms with Crippen LogP contribution < -0.4 is 10.6 Å². The molecule has 0 atom stereocenters. The van der Waals surface area contributed by atoms with Crippen LogP contribution in [0, 0.1) is 5.82 Å². The predicted octanol–water partition coefficient (Wildman–Crippen LogP) is 1.80. The number of hydrogen-bond donors (Lipinski definition) is 3. The highest BCUT2D eigenvalue weighted by atomic mass is 19.1. The quantitative estimate of drug-likeness (QED) is 0.698. The number of amides is 2. The van der Waals surface area contributed by atoms with Crippen LogP contribution in [-0.2, 0) is 9.59 Å². The van der Waals surface area contributed by atoms with Crippen LogP contribution in [0.4, 0.5) is 4.39 Å². The Bertz CT molecular complexity index is 819. The molecule has 0 spiro atoms. The second-order valence-electron chi connectivity index (χ2n) is 4.98. The zero-order chi connectivity index (χ0) is 18.2. The molecule has 3 N–H and O–H groups in total. The molecule has 0 aliphatic rings. The van der Waals surface area contributed by atoms with Crippen LogP contribution in [0.5, 0.6) is 0 Å². The van der Waals surface area contributed by atoms with Gasteiger partial charge in [0.2, 0.25) is 0 Å². The van der Waals surface area contributed by atoms with E-state index in [1.807, 2.05) is 0 Å². The molecule has 2 rings (SSSR count). The maximum absolute atomic E-state index is 13.8. The molecule has 0 radical (unpaired) electrons. The molecule has 0 bridgehead atoms. The van der Waals surface area contributed by atoms with Gasteiger partial charge in [-0.05, 0) is 24.3 Å². The molecule has 0 saturated heterocycles. The van der Waals surface area contributed by atoms with Gasteiger partial charge in [-0.2, -0.15) is 0 Å². The van der Waals surface area contributed by atoms with Gasteiger partial charge >= 0.3 is 5.97 Å². The number of carbonyl (C=O) groups is 3. The number of benzene rings is 2. The molecular weight excluding hydrogens is 327 g/mol. The Balaban J connectivity index is 2.28. The van der Waals surface area contributed by atoms with Gasteiger partial charge in [-0.15, -0.1) is 0 Å². The van der Waals surface area contributed by atoms with Crippen LogP contribution in [0.3, 0.4) is 0 Å². The number of halogens is 1. The first-order valence-electron chi connectivity index (χ1n) is 7.30. The molecule has 7 heteroatoms. The maximum atomic E-state index is 13.8. The van der Waals surface area contributed by atoms with Crippen molar-refractivity contribution in [2.45, 2.75) is 0 Å². The van der Waals surface area contributed by atoms with Crippen molar-refractivity contribution in [3.8, 4) is 0 Å². The van der Waals surface area contributed by atoms with Crippen LogP contribution in [0.15, 0.2) is 60.3 Å². The molecule has 0 unspecified atom stereocenters. The summed E-state index contributed by atoms with van der Waals surface area (Å²) in [5.41, 5.74) is 0.115. The Morgan fingerprint density at radius 3 is 2.28 bits per heavy atom. The van der Waals surface area contributed by atoms with E-state index < -0.39 is 30.1 Å². The molecule has 0 aromatic heterocycles. The summed E-state index contributed by atoms with van der Waals surface area (Å²) < 4.78 is 13.8. The lowest BCUT2D eigenvalue weighted by atomic mass is 10.1. The lowest BCUT2D eigenvalue weighted by Crippen LogP contribution is -2.37. The van der Waals surface area contributed by atoms with Crippen molar-refractivity contribution in [3.05, 3.63) is 77.2 Å². The van der Waals surface area contributed by atoms with Gasteiger partial charge in [0.05, 0.1) is 0 Å². The zero-order valence-electron chi connectivity index (χ0n) is 13.0. The van der Waals surface area contributed by atoms with Crippen molar-refractivity contribution < 1.29 is 23.9 Å². The molecule has 6 nitrogen and oxygen atoms in total. The Morgan fingerprint density at radius 1 is 1.00 bits per heavy atom. The maximum Gasteiger partial charge on any atom is 0.322 e. The number of carboxylic acid groups (broad SMARTS) is 1. The highest BCUT2D eigenvalue weighted by molar-refractivity contribution is 6.05. The van der Waals surface area contributed by atoms with Crippen LogP contribution in [-0.4, -0.2) is 29.4 Å². The highest BCUT2D eigenvalue weighted by Gasteiger charge is 2.16. The zero-order valence-corrected chi connectivity index (χ0v) is 13.0. The minimum Gasteiger partial charge on any atom is -0.480 e. The topological polar surface area (TPSA) is 95.5 Å². The van der Waals surface area contributed by atoms with E-state index in [9.17, 15) is 18.8 Å². The summed E-state index contributed by atoms with van der Waals surface area (Å²) in [7, 11) is 0. The van der Waals surface area contributed by atoms with Gasteiger partial charge in [0.15, 0.2) is 0 Å². The summed E-state index contributed by atoms with van der Waals surface area (Å²) in [5.74, 6) is -3.24. The largest absolute Gasteiger partial charge is 0.480 e. The van der Waals surface area contributed by atoms with Gasteiger partial charge in [0.25, 0.3) is 11.8 Å². The molecule has 0 aliphatic carbocycles. The molecule has 0 aliphatic heterocycles. The normalized spacial score (nSPS) is 10.8. The van der Waals surface area contributed by atoms with Crippen molar-refractivity contribution in [1.29, 1.82) is 0 Å². The van der Waals surface area contributed by atoms with Gasteiger partial charge in [-0.3, -0.25) is 14.4 Å². The predicted molar refractivity (Wildman–Crippen MR) is 88.9 cm³/mol. The van der Waals surface area contributed by atoms with Crippen molar-refractivity contribution >= 4 is 23.9 Å². The standard InChI is InChI=1S/C18H15FN2O4/c19-14-9-5-4-8-13(14)10-15(18(25)20-11-16(22)23)21-17(24)12-6-2-1-3-7-12/h1-10H,11H2,(H,20,25)(H,21,24)(H,22,23). The van der Waals surface area contributed by atoms with Crippen molar-refractivity contribution in [2.75, 3.05) is 6.54 Å². The first-order valence-corrected chi connectivity index (χ1v) is 7.30. The molecule has 0 saturated carbocycles. The molecule has 2 amide bonds. The molecule has 0 fully saturated rings. The van der Waals surface area contributed by atoms with E-state index in [4.69, 9.17) is 5.11 Å².